The average molecular weight is 725 g/mol. The van der Waals surface area contributed by atoms with Crippen molar-refractivity contribution in [2.75, 3.05) is 18.4 Å². The van der Waals surface area contributed by atoms with E-state index in [0.717, 1.165) is 0 Å². The van der Waals surface area contributed by atoms with Gasteiger partial charge in [-0.1, -0.05) is 47.6 Å². The molecular formula is C33H52N6O12. The third-order valence-corrected chi connectivity index (χ3v) is 7.56. The quantitative estimate of drug-likeness (QED) is 0.0655. The van der Waals surface area contributed by atoms with Gasteiger partial charge >= 0.3 is 18.0 Å². The molecule has 1 aliphatic rings. The summed E-state index contributed by atoms with van der Waals surface area (Å²) in [6, 6.07) is 1.89. The Bertz CT molecular complexity index is 1370. The van der Waals surface area contributed by atoms with Gasteiger partial charge in [-0.2, -0.15) is 0 Å². The summed E-state index contributed by atoms with van der Waals surface area (Å²) in [4.78, 5) is 74.0. The number of ether oxygens (including phenoxy) is 3. The number of amides is 5. The number of carbonyl (C=O) groups excluding carboxylic acids is 5. The lowest BCUT2D eigenvalue weighted by Crippen LogP contribution is -2.55. The molecule has 10 N–H and O–H groups in total. The number of aliphatic carboxylic acids is 1. The number of hydrogen-bond donors (Lipinski definition) is 9. The molecule has 1 aliphatic heterocycles. The maximum atomic E-state index is 13.8. The molecule has 1 heterocycles. The number of nitrogens with one attached hydrogen (secondary N) is 5. The smallest absolute Gasteiger partial charge is 0.322 e. The zero-order valence-corrected chi connectivity index (χ0v) is 29.8. The minimum absolute atomic E-state index is 0.0328. The van der Waals surface area contributed by atoms with E-state index in [4.69, 9.17) is 25.1 Å². The van der Waals surface area contributed by atoms with E-state index in [-0.39, 0.29) is 55.8 Å². The molecule has 0 radical (unpaired) electrons. The number of esters is 1. The molecular weight excluding hydrogens is 672 g/mol. The van der Waals surface area contributed by atoms with E-state index in [2.05, 4.69) is 26.6 Å². The van der Waals surface area contributed by atoms with Crippen LogP contribution in [0.1, 0.15) is 66.4 Å². The van der Waals surface area contributed by atoms with Crippen LogP contribution in [-0.2, 0) is 40.1 Å². The Labute approximate surface area is 296 Å². The molecule has 286 valence electrons. The van der Waals surface area contributed by atoms with Gasteiger partial charge in [0, 0.05) is 19.0 Å². The van der Waals surface area contributed by atoms with E-state index in [1.165, 1.54) is 12.1 Å². The lowest BCUT2D eigenvalue weighted by atomic mass is 10.0. The first kappa shape index (κ1) is 42.6. The van der Waals surface area contributed by atoms with Crippen LogP contribution < -0.4 is 37.1 Å². The molecule has 5 amide bonds. The van der Waals surface area contributed by atoms with Gasteiger partial charge in [-0.25, -0.2) is 4.79 Å². The van der Waals surface area contributed by atoms with Crippen molar-refractivity contribution in [3.05, 3.63) is 23.8 Å². The molecule has 0 aromatic heterocycles. The molecule has 0 unspecified atom stereocenters. The second-order valence-electron chi connectivity index (χ2n) is 13.1. The highest BCUT2D eigenvalue weighted by Gasteiger charge is 2.42. The van der Waals surface area contributed by atoms with E-state index in [1.807, 2.05) is 27.7 Å². The van der Waals surface area contributed by atoms with Crippen LogP contribution in [0.5, 0.6) is 5.75 Å². The van der Waals surface area contributed by atoms with Crippen molar-refractivity contribution in [1.82, 2.24) is 21.3 Å². The number of benzene rings is 1. The summed E-state index contributed by atoms with van der Waals surface area (Å²) < 4.78 is 16.8. The predicted octanol–water partition coefficient (Wildman–Crippen LogP) is -0.303. The Morgan fingerprint density at radius 3 is 2.25 bits per heavy atom. The van der Waals surface area contributed by atoms with Crippen LogP contribution in [0.2, 0.25) is 0 Å². The number of anilines is 1. The van der Waals surface area contributed by atoms with E-state index in [9.17, 15) is 39.0 Å². The molecule has 0 bridgehead atoms. The summed E-state index contributed by atoms with van der Waals surface area (Å²) in [5.41, 5.74) is 5.62. The predicted molar refractivity (Wildman–Crippen MR) is 182 cm³/mol. The number of nitrogens with two attached hydrogens (primary N) is 1. The zero-order valence-electron chi connectivity index (χ0n) is 29.8. The number of urea groups is 1. The summed E-state index contributed by atoms with van der Waals surface area (Å²) >= 11 is 0. The van der Waals surface area contributed by atoms with Gasteiger partial charge in [-0.15, -0.1) is 0 Å². The van der Waals surface area contributed by atoms with Crippen molar-refractivity contribution in [2.24, 2.45) is 17.6 Å². The second-order valence-corrected chi connectivity index (χ2v) is 13.1. The number of carbonyl (C=O) groups is 6. The highest BCUT2D eigenvalue weighted by atomic mass is 16.7. The fourth-order valence-electron chi connectivity index (χ4n) is 4.92. The standard InChI is InChI=1S/C33H52N6O12/c1-16(2)26(37-18(5)6)29(45)39-21(8-7-11-35-33(34)48)28(44)38-20-10-9-19(15-49-31(47)17(3)4)12-24(20)50-32-23(41)13-22(40)27(51-32)30(46)36-14-25(42)43/h9-10,12,16-18,21-23,26-27,32,37,40-41H,7-8,11,13-15H2,1-6H3,(H,36,46)(H,38,44)(H,39,45)(H,42,43)(H3,34,35,48)/t21-,22-,23+,26-,27-,32+/m1/s1. The van der Waals surface area contributed by atoms with Crippen LogP contribution in [0.3, 0.4) is 0 Å². The first-order valence-corrected chi connectivity index (χ1v) is 16.8. The van der Waals surface area contributed by atoms with Crippen molar-refractivity contribution in [3.8, 4) is 5.75 Å². The maximum Gasteiger partial charge on any atom is 0.322 e. The van der Waals surface area contributed by atoms with Gasteiger partial charge in [0.15, 0.2) is 6.10 Å². The Hall–Kier alpha value is -4.52. The Morgan fingerprint density at radius 1 is 0.980 bits per heavy atom. The summed E-state index contributed by atoms with van der Waals surface area (Å²) in [6.07, 6.45) is -6.17. The minimum Gasteiger partial charge on any atom is -0.480 e. The zero-order chi connectivity index (χ0) is 38.4. The molecule has 18 heteroatoms. The molecule has 1 aromatic carbocycles. The van der Waals surface area contributed by atoms with E-state index in [1.54, 1.807) is 19.9 Å². The third kappa shape index (κ3) is 14.3. The topological polar surface area (TPSA) is 277 Å². The molecule has 2 rings (SSSR count). The minimum atomic E-state index is -1.60. The highest BCUT2D eigenvalue weighted by Crippen LogP contribution is 2.31. The number of aliphatic hydroxyl groups is 2. The molecule has 0 saturated carbocycles. The molecule has 0 spiro atoms. The molecule has 1 aromatic rings. The van der Waals surface area contributed by atoms with E-state index in [0.29, 0.717) is 5.56 Å². The maximum absolute atomic E-state index is 13.8. The van der Waals surface area contributed by atoms with Crippen molar-refractivity contribution in [1.29, 1.82) is 0 Å². The van der Waals surface area contributed by atoms with Gasteiger partial charge < -0.3 is 61.8 Å². The Kier molecular flexibility index (Phi) is 17.0. The van der Waals surface area contributed by atoms with Crippen LogP contribution in [0.4, 0.5) is 10.5 Å². The second kappa shape index (κ2) is 20.4. The summed E-state index contributed by atoms with van der Waals surface area (Å²) in [5, 5.41) is 43.3. The number of rotatable bonds is 19. The van der Waals surface area contributed by atoms with Crippen molar-refractivity contribution < 1.29 is 58.3 Å². The summed E-state index contributed by atoms with van der Waals surface area (Å²) in [7, 11) is 0. The van der Waals surface area contributed by atoms with E-state index < -0.39 is 84.8 Å². The molecule has 18 nitrogen and oxygen atoms in total. The van der Waals surface area contributed by atoms with Crippen LogP contribution in [0, 0.1) is 11.8 Å². The van der Waals surface area contributed by atoms with Gasteiger partial charge in [-0.3, -0.25) is 24.0 Å². The van der Waals surface area contributed by atoms with E-state index >= 15 is 0 Å². The lowest BCUT2D eigenvalue weighted by molar-refractivity contribution is -0.230. The molecule has 0 aliphatic carbocycles. The SMILES string of the molecule is CC(C)N[C@@H](C(=O)N[C@H](CCCNC(N)=O)C(=O)Nc1ccc(COC(=O)C(C)C)cc1O[C@H]1O[C@@H](C(=O)NCC(=O)O)[C@H](O)C[C@@H]1O)C(C)C. The lowest BCUT2D eigenvalue weighted by Gasteiger charge is -2.36. The van der Waals surface area contributed by atoms with Crippen molar-refractivity contribution in [2.45, 2.75) is 110 Å². The number of primary amides is 1. The monoisotopic (exact) mass is 724 g/mol. The number of carboxylic acid groups (broad SMARTS) is 1. The van der Waals surface area contributed by atoms with Crippen molar-refractivity contribution >= 4 is 41.4 Å². The summed E-state index contributed by atoms with van der Waals surface area (Å²) in [6.45, 7) is 10.0. The van der Waals surface area contributed by atoms with Crippen LogP contribution in [0.25, 0.3) is 0 Å². The Balaban J connectivity index is 2.42. The normalized spacial score (nSPS) is 19.9. The van der Waals surface area contributed by atoms with Crippen LogP contribution in [-0.4, -0.2) is 107 Å². The molecule has 6 atom stereocenters. The Morgan fingerprint density at radius 2 is 1.67 bits per heavy atom. The molecule has 51 heavy (non-hydrogen) atoms. The van der Waals surface area contributed by atoms with Gasteiger partial charge in [0.2, 0.25) is 18.1 Å². The molecule has 1 saturated heterocycles. The first-order chi connectivity index (χ1) is 23.9. The molecule has 1 fully saturated rings. The van der Waals surface area contributed by atoms with Gasteiger partial charge in [0.1, 0.15) is 31.0 Å². The number of carboxylic acids is 1. The van der Waals surface area contributed by atoms with Gasteiger partial charge in [-0.05, 0) is 36.5 Å². The van der Waals surface area contributed by atoms with Crippen LogP contribution in [0.15, 0.2) is 18.2 Å². The highest BCUT2D eigenvalue weighted by molar-refractivity contribution is 5.99. The number of aliphatic hydroxyl groups excluding tert-OH is 2. The van der Waals surface area contributed by atoms with Crippen molar-refractivity contribution in [3.63, 3.8) is 0 Å². The summed E-state index contributed by atoms with van der Waals surface area (Å²) in [5.74, 6) is -4.46. The third-order valence-electron chi connectivity index (χ3n) is 7.56. The largest absolute Gasteiger partial charge is 0.480 e. The van der Waals surface area contributed by atoms with Gasteiger partial charge in [0.25, 0.3) is 5.91 Å². The average Bonchev–Trinajstić information content (AvgIpc) is 3.04. The van der Waals surface area contributed by atoms with Gasteiger partial charge in [0.05, 0.1) is 23.8 Å². The fraction of sp³-hybridized carbons (Fsp3) is 0.636. The number of hydrogen-bond acceptors (Lipinski definition) is 12. The first-order valence-electron chi connectivity index (χ1n) is 16.8. The van der Waals surface area contributed by atoms with Crippen LogP contribution >= 0.6 is 0 Å². The fourth-order valence-corrected chi connectivity index (χ4v) is 4.92.